The van der Waals surface area contributed by atoms with Gasteiger partial charge in [-0.1, -0.05) is 36.8 Å². The number of nitrogens with two attached hydrogens (primary N) is 1. The van der Waals surface area contributed by atoms with Crippen LogP contribution in [0.2, 0.25) is 0 Å². The molecule has 0 bridgehead atoms. The van der Waals surface area contributed by atoms with Gasteiger partial charge in [0, 0.05) is 0 Å². The molecule has 0 aliphatic heterocycles. The first-order valence-corrected chi connectivity index (χ1v) is 6.86. The van der Waals surface area contributed by atoms with Gasteiger partial charge in [0.2, 0.25) is 5.91 Å². The number of amides is 1. The molecule has 18 heavy (non-hydrogen) atoms. The van der Waals surface area contributed by atoms with Gasteiger partial charge in [-0.25, -0.2) is 4.98 Å². The topological polar surface area (TPSA) is 68.0 Å². The predicted molar refractivity (Wildman–Crippen MR) is 75.9 cm³/mol. The Kier molecular flexibility index (Phi) is 3.93. The van der Waals surface area contributed by atoms with E-state index in [1.165, 1.54) is 11.3 Å². The normalized spacial score (nSPS) is 12.6. The Hall–Kier alpha value is -1.46. The van der Waals surface area contributed by atoms with Crippen LogP contribution in [0.15, 0.2) is 18.2 Å². The largest absolute Gasteiger partial charge is 0.320 e. The fourth-order valence-corrected chi connectivity index (χ4v) is 2.73. The number of hydrogen-bond donors (Lipinski definition) is 2. The maximum Gasteiger partial charge on any atom is 0.243 e. The molecule has 3 N–H and O–H groups in total. The van der Waals surface area contributed by atoms with Crippen molar-refractivity contribution in [3.8, 4) is 0 Å². The Morgan fingerprint density at radius 1 is 1.56 bits per heavy atom. The van der Waals surface area contributed by atoms with Gasteiger partial charge >= 0.3 is 0 Å². The number of aryl methyl sites for hydroxylation is 1. The third kappa shape index (κ3) is 2.68. The number of para-hydroxylation sites is 1. The molecular formula is C13H17N3OS. The molecule has 0 fully saturated rings. The van der Waals surface area contributed by atoms with Crippen molar-refractivity contribution >= 4 is 32.6 Å². The maximum atomic E-state index is 11.8. The number of carbonyl (C=O) groups excluding carboxylic acids is 1. The van der Waals surface area contributed by atoms with Gasteiger partial charge in [0.05, 0.1) is 16.3 Å². The van der Waals surface area contributed by atoms with E-state index in [0.29, 0.717) is 11.6 Å². The predicted octanol–water partition coefficient (Wildman–Crippen LogP) is 2.67. The highest BCUT2D eigenvalue weighted by Crippen LogP contribution is 2.27. The second-order valence-corrected chi connectivity index (χ2v) is 5.36. The van der Waals surface area contributed by atoms with Crippen LogP contribution in [-0.4, -0.2) is 16.9 Å². The van der Waals surface area contributed by atoms with Crippen LogP contribution in [0.5, 0.6) is 0 Å². The summed E-state index contributed by atoms with van der Waals surface area (Å²) in [5, 5.41) is 3.41. The van der Waals surface area contributed by atoms with Gasteiger partial charge in [-0.05, 0) is 25.0 Å². The molecule has 96 valence electrons. The maximum absolute atomic E-state index is 11.8. The number of thiazole rings is 1. The molecule has 1 aromatic carbocycles. The Labute approximate surface area is 110 Å². The van der Waals surface area contributed by atoms with Crippen molar-refractivity contribution in [3.63, 3.8) is 0 Å². The highest BCUT2D eigenvalue weighted by Gasteiger charge is 2.14. The van der Waals surface area contributed by atoms with E-state index in [1.807, 2.05) is 32.0 Å². The van der Waals surface area contributed by atoms with E-state index in [2.05, 4.69) is 10.3 Å². The fraction of sp³-hybridized carbons (Fsp3) is 0.385. The summed E-state index contributed by atoms with van der Waals surface area (Å²) < 4.78 is 1.08. The fourth-order valence-electron chi connectivity index (χ4n) is 1.78. The first kappa shape index (κ1) is 13.0. The van der Waals surface area contributed by atoms with Crippen LogP contribution in [0.4, 0.5) is 5.13 Å². The smallest absolute Gasteiger partial charge is 0.243 e. The van der Waals surface area contributed by atoms with Gasteiger partial charge in [0.1, 0.15) is 0 Å². The quantitative estimate of drug-likeness (QED) is 0.891. The van der Waals surface area contributed by atoms with E-state index in [1.54, 1.807) is 0 Å². The molecule has 2 aromatic rings. The number of anilines is 1. The van der Waals surface area contributed by atoms with Crippen molar-refractivity contribution in [3.05, 3.63) is 23.8 Å². The minimum atomic E-state index is -0.455. The zero-order valence-corrected chi connectivity index (χ0v) is 11.4. The van der Waals surface area contributed by atoms with Crippen molar-refractivity contribution in [1.29, 1.82) is 0 Å². The van der Waals surface area contributed by atoms with E-state index >= 15 is 0 Å². The average Bonchev–Trinajstić information content (AvgIpc) is 2.73. The molecule has 2 rings (SSSR count). The molecule has 0 saturated carbocycles. The number of benzene rings is 1. The van der Waals surface area contributed by atoms with Crippen LogP contribution in [-0.2, 0) is 4.79 Å². The second-order valence-electron chi connectivity index (χ2n) is 4.33. The van der Waals surface area contributed by atoms with Crippen LogP contribution in [0.25, 0.3) is 10.2 Å². The van der Waals surface area contributed by atoms with Crippen molar-refractivity contribution in [2.75, 3.05) is 5.32 Å². The first-order valence-electron chi connectivity index (χ1n) is 6.04. The van der Waals surface area contributed by atoms with E-state index in [0.717, 1.165) is 22.2 Å². The third-order valence-corrected chi connectivity index (χ3v) is 3.72. The average molecular weight is 263 g/mol. The number of rotatable bonds is 4. The number of hydrogen-bond acceptors (Lipinski definition) is 4. The lowest BCUT2D eigenvalue weighted by molar-refractivity contribution is -0.117. The Bertz CT molecular complexity index is 564. The molecule has 1 unspecified atom stereocenters. The van der Waals surface area contributed by atoms with E-state index in [-0.39, 0.29) is 5.91 Å². The Morgan fingerprint density at radius 3 is 3.00 bits per heavy atom. The second kappa shape index (κ2) is 5.46. The number of aromatic nitrogens is 1. The summed E-state index contributed by atoms with van der Waals surface area (Å²) in [4.78, 5) is 16.2. The molecule has 1 amide bonds. The Morgan fingerprint density at radius 2 is 2.33 bits per heavy atom. The molecule has 0 radical (unpaired) electrons. The minimum Gasteiger partial charge on any atom is -0.320 e. The summed E-state index contributed by atoms with van der Waals surface area (Å²) in [6.07, 6.45) is 1.59. The van der Waals surface area contributed by atoms with E-state index < -0.39 is 6.04 Å². The van der Waals surface area contributed by atoms with Gasteiger partial charge < -0.3 is 11.1 Å². The summed E-state index contributed by atoms with van der Waals surface area (Å²) in [6.45, 7) is 4.02. The molecule has 0 aliphatic carbocycles. The van der Waals surface area contributed by atoms with Crippen LogP contribution in [0.1, 0.15) is 25.3 Å². The first-order chi connectivity index (χ1) is 8.61. The zero-order valence-electron chi connectivity index (χ0n) is 10.6. The van der Waals surface area contributed by atoms with Crippen LogP contribution in [0.3, 0.4) is 0 Å². The van der Waals surface area contributed by atoms with Crippen LogP contribution >= 0.6 is 11.3 Å². The van der Waals surface area contributed by atoms with Gasteiger partial charge in [-0.15, -0.1) is 0 Å². The van der Waals surface area contributed by atoms with E-state index in [4.69, 9.17) is 5.73 Å². The Balaban J connectivity index is 2.17. The number of nitrogens with zero attached hydrogens (tertiary/aromatic N) is 1. The number of fused-ring (bicyclic) bond motifs is 1. The molecule has 5 heteroatoms. The number of carbonyl (C=O) groups is 1. The lowest BCUT2D eigenvalue weighted by Crippen LogP contribution is -2.35. The zero-order chi connectivity index (χ0) is 13.1. The summed E-state index contributed by atoms with van der Waals surface area (Å²) >= 11 is 1.48. The molecule has 0 spiro atoms. The summed E-state index contributed by atoms with van der Waals surface area (Å²) in [6, 6.07) is 5.55. The molecule has 1 atom stereocenters. The molecule has 4 nitrogen and oxygen atoms in total. The van der Waals surface area contributed by atoms with E-state index in [9.17, 15) is 4.79 Å². The van der Waals surface area contributed by atoms with Crippen LogP contribution < -0.4 is 11.1 Å². The van der Waals surface area contributed by atoms with Gasteiger partial charge in [0.25, 0.3) is 0 Å². The molecule has 1 heterocycles. The van der Waals surface area contributed by atoms with Crippen molar-refractivity contribution in [1.82, 2.24) is 4.98 Å². The van der Waals surface area contributed by atoms with Crippen molar-refractivity contribution in [2.24, 2.45) is 5.73 Å². The standard InChI is InChI=1S/C13H17N3OS/c1-3-5-9(14)12(17)16-13-15-11-8(2)6-4-7-10(11)18-13/h4,6-7,9H,3,5,14H2,1-2H3,(H,15,16,17). The monoisotopic (exact) mass is 263 g/mol. The highest BCUT2D eigenvalue weighted by molar-refractivity contribution is 7.22. The summed E-state index contributed by atoms with van der Waals surface area (Å²) in [7, 11) is 0. The number of nitrogens with one attached hydrogen (secondary N) is 1. The van der Waals surface area contributed by atoms with Crippen LogP contribution in [0, 0.1) is 6.92 Å². The lowest BCUT2D eigenvalue weighted by Gasteiger charge is -2.08. The molecule has 0 aliphatic rings. The summed E-state index contributed by atoms with van der Waals surface area (Å²) in [5.41, 5.74) is 7.82. The molecule has 0 saturated heterocycles. The summed E-state index contributed by atoms with van der Waals surface area (Å²) in [5.74, 6) is -0.159. The van der Waals surface area contributed by atoms with Gasteiger partial charge in [0.15, 0.2) is 5.13 Å². The minimum absolute atomic E-state index is 0.159. The SMILES string of the molecule is CCCC(N)C(=O)Nc1nc2c(C)cccc2s1. The van der Waals surface area contributed by atoms with Crippen molar-refractivity contribution < 1.29 is 4.79 Å². The third-order valence-electron chi connectivity index (χ3n) is 2.79. The lowest BCUT2D eigenvalue weighted by atomic mass is 10.2. The molecular weight excluding hydrogens is 246 g/mol. The highest BCUT2D eigenvalue weighted by atomic mass is 32.1. The molecule has 1 aromatic heterocycles. The van der Waals surface area contributed by atoms with Gasteiger partial charge in [-0.3, -0.25) is 4.79 Å². The van der Waals surface area contributed by atoms with Crippen molar-refractivity contribution in [2.45, 2.75) is 32.7 Å². The van der Waals surface area contributed by atoms with Gasteiger partial charge in [-0.2, -0.15) is 0 Å².